The minimum Gasteiger partial charge on any atom is -0.329 e. The second-order valence-corrected chi connectivity index (χ2v) is 8.89. The molecule has 0 spiro atoms. The van der Waals surface area contributed by atoms with Crippen LogP contribution in [-0.4, -0.2) is 43.2 Å². The summed E-state index contributed by atoms with van der Waals surface area (Å²) in [5.74, 6) is 0. The van der Waals surface area contributed by atoms with Crippen LogP contribution >= 0.6 is 27.3 Å². The van der Waals surface area contributed by atoms with Crippen molar-refractivity contribution in [2.45, 2.75) is 31.8 Å². The molecule has 0 aliphatic carbocycles. The normalized spacial score (nSPS) is 21.5. The van der Waals surface area contributed by atoms with Gasteiger partial charge in [-0.25, -0.2) is 0 Å². The molecule has 114 valence electrons. The van der Waals surface area contributed by atoms with E-state index in [-0.39, 0.29) is 6.04 Å². The molecule has 1 unspecified atom stereocenters. The van der Waals surface area contributed by atoms with Crippen molar-refractivity contribution in [2.75, 3.05) is 20.1 Å². The van der Waals surface area contributed by atoms with Crippen LogP contribution in [0.4, 0.5) is 0 Å². The zero-order valence-corrected chi connectivity index (χ0v) is 14.7. The van der Waals surface area contributed by atoms with Crippen molar-refractivity contribution in [1.29, 1.82) is 0 Å². The molecule has 1 aromatic rings. The van der Waals surface area contributed by atoms with Crippen molar-refractivity contribution in [3.05, 3.63) is 20.8 Å². The second-order valence-electron chi connectivity index (χ2n) is 4.99. The van der Waals surface area contributed by atoms with E-state index in [4.69, 9.17) is 5.73 Å². The number of hydrogen-bond donors (Lipinski definition) is 1. The van der Waals surface area contributed by atoms with E-state index in [9.17, 15) is 8.42 Å². The smallest absolute Gasteiger partial charge is 0.282 e. The molecule has 20 heavy (non-hydrogen) atoms. The van der Waals surface area contributed by atoms with Gasteiger partial charge < -0.3 is 5.73 Å². The van der Waals surface area contributed by atoms with E-state index in [1.54, 1.807) is 22.7 Å². The zero-order valence-electron chi connectivity index (χ0n) is 11.5. The predicted octanol–water partition coefficient (Wildman–Crippen LogP) is 2.00. The Labute approximate surface area is 133 Å². The Hall–Kier alpha value is 0.01000. The Balaban J connectivity index is 2.11. The number of thiophene rings is 1. The van der Waals surface area contributed by atoms with Crippen molar-refractivity contribution < 1.29 is 8.42 Å². The fourth-order valence-corrected chi connectivity index (χ4v) is 5.60. The van der Waals surface area contributed by atoms with Crippen LogP contribution in [0.3, 0.4) is 0 Å². The Morgan fingerprint density at radius 3 is 2.90 bits per heavy atom. The summed E-state index contributed by atoms with van der Waals surface area (Å²) in [6.45, 7) is 1.35. The molecular formula is C12H20BrN3O2S2. The highest BCUT2D eigenvalue weighted by Crippen LogP contribution is 2.25. The molecule has 2 N–H and O–H groups in total. The zero-order chi connectivity index (χ0) is 14.8. The van der Waals surface area contributed by atoms with Gasteiger partial charge in [-0.2, -0.15) is 17.0 Å². The molecule has 8 heteroatoms. The van der Waals surface area contributed by atoms with Crippen LogP contribution in [0.5, 0.6) is 0 Å². The van der Waals surface area contributed by atoms with Gasteiger partial charge >= 0.3 is 0 Å². The third-order valence-corrected chi connectivity index (χ3v) is 7.21. The summed E-state index contributed by atoms with van der Waals surface area (Å²) in [5, 5.41) is 1.96. The first-order chi connectivity index (χ1) is 9.45. The van der Waals surface area contributed by atoms with Crippen LogP contribution in [0, 0.1) is 0 Å². The monoisotopic (exact) mass is 381 g/mol. The average Bonchev–Trinajstić information content (AvgIpc) is 2.84. The number of rotatable bonds is 5. The summed E-state index contributed by atoms with van der Waals surface area (Å²) < 4.78 is 29.3. The molecule has 5 nitrogen and oxygen atoms in total. The predicted molar refractivity (Wildman–Crippen MR) is 85.8 cm³/mol. The largest absolute Gasteiger partial charge is 0.329 e. The Morgan fingerprint density at radius 2 is 2.30 bits per heavy atom. The van der Waals surface area contributed by atoms with E-state index in [2.05, 4.69) is 15.9 Å². The van der Waals surface area contributed by atoms with Gasteiger partial charge in [-0.05, 0) is 34.8 Å². The third kappa shape index (κ3) is 3.61. The first-order valence-electron chi connectivity index (χ1n) is 6.61. The molecular weight excluding hydrogens is 362 g/mol. The fraction of sp³-hybridized carbons (Fsp3) is 0.667. The minimum atomic E-state index is -3.43. The number of hydrogen-bond acceptors (Lipinski definition) is 4. The van der Waals surface area contributed by atoms with E-state index >= 15 is 0 Å². The van der Waals surface area contributed by atoms with E-state index in [1.807, 2.05) is 11.4 Å². The molecule has 1 aliphatic rings. The standard InChI is InChI=1S/C12H20BrN3O2S2/c1-15(8-12-6-10(13)9-19-12)20(17,18)16-5-3-2-4-11(16)7-14/h6,9,11H,2-5,7-8,14H2,1H3. The first-order valence-corrected chi connectivity index (χ1v) is 9.68. The van der Waals surface area contributed by atoms with Crippen molar-refractivity contribution >= 4 is 37.5 Å². The van der Waals surface area contributed by atoms with Crippen molar-refractivity contribution in [3.63, 3.8) is 0 Å². The molecule has 0 aromatic carbocycles. The highest BCUT2D eigenvalue weighted by molar-refractivity contribution is 9.10. The highest BCUT2D eigenvalue weighted by atomic mass is 79.9. The Bertz CT molecular complexity index is 547. The molecule has 1 atom stereocenters. The van der Waals surface area contributed by atoms with Gasteiger partial charge in [0.15, 0.2) is 0 Å². The molecule has 0 bridgehead atoms. The highest BCUT2D eigenvalue weighted by Gasteiger charge is 2.34. The molecule has 2 rings (SSSR count). The van der Waals surface area contributed by atoms with Gasteiger partial charge in [-0.15, -0.1) is 11.3 Å². The van der Waals surface area contributed by atoms with Crippen LogP contribution in [-0.2, 0) is 16.8 Å². The minimum absolute atomic E-state index is 0.0636. The first kappa shape index (κ1) is 16.4. The van der Waals surface area contributed by atoms with Crippen LogP contribution in [0.1, 0.15) is 24.1 Å². The molecule has 1 saturated heterocycles. The molecule has 1 aromatic heterocycles. The second kappa shape index (κ2) is 6.85. The van der Waals surface area contributed by atoms with Gasteiger partial charge in [-0.3, -0.25) is 0 Å². The topological polar surface area (TPSA) is 66.6 Å². The summed E-state index contributed by atoms with van der Waals surface area (Å²) in [5.41, 5.74) is 5.72. The molecule has 1 aliphatic heterocycles. The van der Waals surface area contributed by atoms with Crippen molar-refractivity contribution in [2.24, 2.45) is 5.73 Å². The number of nitrogens with zero attached hydrogens (tertiary/aromatic N) is 2. The van der Waals surface area contributed by atoms with Crippen LogP contribution in [0.2, 0.25) is 0 Å². The lowest BCUT2D eigenvalue weighted by atomic mass is 10.1. The third-order valence-electron chi connectivity index (χ3n) is 3.54. The van der Waals surface area contributed by atoms with E-state index in [1.165, 1.54) is 4.31 Å². The van der Waals surface area contributed by atoms with Gasteiger partial charge in [0.05, 0.1) is 0 Å². The lowest BCUT2D eigenvalue weighted by molar-refractivity contribution is 0.240. The van der Waals surface area contributed by atoms with Gasteiger partial charge in [0.1, 0.15) is 0 Å². The summed E-state index contributed by atoms with van der Waals surface area (Å²) in [4.78, 5) is 1.02. The molecule has 2 heterocycles. The van der Waals surface area contributed by atoms with E-state index < -0.39 is 10.2 Å². The summed E-state index contributed by atoms with van der Waals surface area (Å²) >= 11 is 4.94. The van der Waals surface area contributed by atoms with Gasteiger partial charge in [0.2, 0.25) is 0 Å². The maximum absolute atomic E-state index is 12.7. The van der Waals surface area contributed by atoms with E-state index in [0.717, 1.165) is 28.6 Å². The lowest BCUT2D eigenvalue weighted by Crippen LogP contribution is -2.51. The molecule has 0 amide bonds. The summed E-state index contributed by atoms with van der Waals surface area (Å²) in [6, 6.07) is 1.89. The SMILES string of the molecule is CN(Cc1cc(Br)cs1)S(=O)(=O)N1CCCCC1CN. The summed E-state index contributed by atoms with van der Waals surface area (Å²) in [6.07, 6.45) is 2.82. The maximum atomic E-state index is 12.7. The molecule has 0 saturated carbocycles. The lowest BCUT2D eigenvalue weighted by Gasteiger charge is -2.36. The maximum Gasteiger partial charge on any atom is 0.282 e. The van der Waals surface area contributed by atoms with Crippen LogP contribution < -0.4 is 5.73 Å². The summed E-state index contributed by atoms with van der Waals surface area (Å²) in [7, 11) is -1.80. The van der Waals surface area contributed by atoms with Gasteiger partial charge in [0.25, 0.3) is 10.2 Å². The van der Waals surface area contributed by atoms with E-state index in [0.29, 0.717) is 19.6 Å². The number of nitrogens with two attached hydrogens (primary N) is 1. The number of piperidine rings is 1. The number of halogens is 1. The molecule has 0 radical (unpaired) electrons. The van der Waals surface area contributed by atoms with Crippen LogP contribution in [0.15, 0.2) is 15.9 Å². The van der Waals surface area contributed by atoms with Crippen molar-refractivity contribution in [3.8, 4) is 0 Å². The fourth-order valence-electron chi connectivity index (χ4n) is 2.43. The average molecular weight is 382 g/mol. The van der Waals surface area contributed by atoms with Gasteiger partial charge in [-0.1, -0.05) is 6.42 Å². The Kier molecular flexibility index (Phi) is 5.61. The Morgan fingerprint density at radius 1 is 1.55 bits per heavy atom. The van der Waals surface area contributed by atoms with Gasteiger partial charge in [0, 0.05) is 47.5 Å². The quantitative estimate of drug-likeness (QED) is 0.847. The van der Waals surface area contributed by atoms with Crippen LogP contribution in [0.25, 0.3) is 0 Å². The molecule has 1 fully saturated rings. The van der Waals surface area contributed by atoms with Crippen molar-refractivity contribution in [1.82, 2.24) is 8.61 Å².